The quantitative estimate of drug-likeness (QED) is 0.694. The summed E-state index contributed by atoms with van der Waals surface area (Å²) in [5.74, 6) is 1.96. The molecular weight excluding hydrogens is 403 g/mol. The van der Waals surface area contributed by atoms with Crippen LogP contribution in [-0.2, 0) is 20.1 Å². The van der Waals surface area contributed by atoms with Crippen molar-refractivity contribution in [3.8, 4) is 0 Å². The molecule has 6 heteroatoms. The molecule has 1 aliphatic rings. The zero-order chi connectivity index (χ0) is 11.5. The van der Waals surface area contributed by atoms with E-state index in [9.17, 15) is 0 Å². The molecule has 0 unspecified atom stereocenters. The normalized spacial score (nSPS) is 14.0. The van der Waals surface area contributed by atoms with Crippen LogP contribution >= 0.6 is 0 Å². The molecular formula is C12H12BIrN4. The molecule has 0 aliphatic carbocycles. The van der Waals surface area contributed by atoms with Gasteiger partial charge in [-0.15, -0.1) is 0 Å². The minimum Gasteiger partial charge on any atom is -0.382 e. The summed E-state index contributed by atoms with van der Waals surface area (Å²) < 4.78 is 0. The first-order valence-corrected chi connectivity index (χ1v) is 5.64. The van der Waals surface area contributed by atoms with E-state index in [1.807, 2.05) is 48.8 Å². The minimum atomic E-state index is 0. The molecule has 3 rings (SSSR count). The van der Waals surface area contributed by atoms with Gasteiger partial charge in [0.25, 0.3) is 0 Å². The first-order valence-electron chi connectivity index (χ1n) is 5.64. The maximum atomic E-state index is 4.34. The molecule has 0 amide bonds. The Morgan fingerprint density at radius 2 is 1.33 bits per heavy atom. The van der Waals surface area contributed by atoms with E-state index in [0.717, 1.165) is 24.7 Å². The molecule has 3 heterocycles. The zero-order valence-corrected chi connectivity index (χ0v) is 12.1. The van der Waals surface area contributed by atoms with Gasteiger partial charge in [-0.1, -0.05) is 12.1 Å². The van der Waals surface area contributed by atoms with Crippen LogP contribution in [0, 0.1) is 0 Å². The molecule has 1 saturated heterocycles. The summed E-state index contributed by atoms with van der Waals surface area (Å²) in [5.41, 5.74) is 0. The molecule has 1 aliphatic heterocycles. The van der Waals surface area contributed by atoms with Crippen LogP contribution in [0.3, 0.4) is 0 Å². The number of hydrogen-bond acceptors (Lipinski definition) is 4. The molecule has 92 valence electrons. The van der Waals surface area contributed by atoms with Crippen molar-refractivity contribution >= 4 is 19.2 Å². The van der Waals surface area contributed by atoms with Crippen molar-refractivity contribution in [2.24, 2.45) is 0 Å². The van der Waals surface area contributed by atoms with E-state index in [1.54, 1.807) is 0 Å². The van der Waals surface area contributed by atoms with Gasteiger partial charge in [0, 0.05) is 45.6 Å². The molecule has 0 aromatic carbocycles. The van der Waals surface area contributed by atoms with Gasteiger partial charge in [-0.3, -0.25) is 0 Å². The fourth-order valence-corrected chi connectivity index (χ4v) is 1.89. The Balaban J connectivity index is 0.00000120. The number of anilines is 2. The fourth-order valence-electron chi connectivity index (χ4n) is 1.89. The van der Waals surface area contributed by atoms with Gasteiger partial charge >= 0.3 is 7.55 Å². The summed E-state index contributed by atoms with van der Waals surface area (Å²) >= 11 is 0. The van der Waals surface area contributed by atoms with Crippen molar-refractivity contribution in [3.63, 3.8) is 0 Å². The summed E-state index contributed by atoms with van der Waals surface area (Å²) in [6, 6.07) is 11.9. The maximum absolute atomic E-state index is 4.34. The molecule has 0 N–H and O–H groups in total. The van der Waals surface area contributed by atoms with Crippen molar-refractivity contribution < 1.29 is 20.1 Å². The van der Waals surface area contributed by atoms with Crippen LogP contribution in [0.4, 0.5) is 11.6 Å². The molecule has 1 fully saturated rings. The number of nitrogens with zero attached hydrogens (tertiary/aromatic N) is 4. The second-order valence-electron chi connectivity index (χ2n) is 3.88. The molecule has 0 bridgehead atoms. The van der Waals surface area contributed by atoms with Gasteiger partial charge in [0.1, 0.15) is 11.6 Å². The topological polar surface area (TPSA) is 32.3 Å². The van der Waals surface area contributed by atoms with E-state index >= 15 is 0 Å². The van der Waals surface area contributed by atoms with Gasteiger partial charge in [0.05, 0.1) is 0 Å². The van der Waals surface area contributed by atoms with E-state index < -0.39 is 0 Å². The summed E-state index contributed by atoms with van der Waals surface area (Å²) in [7, 11) is 2.06. The van der Waals surface area contributed by atoms with E-state index in [4.69, 9.17) is 0 Å². The van der Waals surface area contributed by atoms with Crippen molar-refractivity contribution in [2.45, 2.75) is 0 Å². The largest absolute Gasteiger partial charge is 0.394 e. The van der Waals surface area contributed by atoms with E-state index in [2.05, 4.69) is 27.1 Å². The summed E-state index contributed by atoms with van der Waals surface area (Å²) in [5, 5.41) is 0. The van der Waals surface area contributed by atoms with Crippen molar-refractivity contribution in [3.05, 3.63) is 48.8 Å². The SMILES string of the molecule is [B]1N(c2ccccn2)CCN1c1ccccn1.[Ir]. The summed E-state index contributed by atoms with van der Waals surface area (Å²) in [4.78, 5) is 12.9. The third kappa shape index (κ3) is 2.71. The van der Waals surface area contributed by atoms with Crippen molar-refractivity contribution in [2.75, 3.05) is 22.7 Å². The molecule has 0 spiro atoms. The first-order chi connectivity index (χ1) is 8.43. The number of rotatable bonds is 2. The molecule has 2 radical (unpaired) electrons. The maximum Gasteiger partial charge on any atom is 0.394 e. The molecule has 0 atom stereocenters. The smallest absolute Gasteiger partial charge is 0.382 e. The zero-order valence-electron chi connectivity index (χ0n) is 9.73. The Morgan fingerprint density at radius 3 is 1.72 bits per heavy atom. The van der Waals surface area contributed by atoms with Gasteiger partial charge < -0.3 is 9.62 Å². The Kier molecular flexibility index (Phi) is 4.34. The number of hydrogen-bond donors (Lipinski definition) is 0. The van der Waals surface area contributed by atoms with Gasteiger partial charge in [-0.25, -0.2) is 9.97 Å². The second kappa shape index (κ2) is 5.98. The van der Waals surface area contributed by atoms with Crippen LogP contribution in [0.1, 0.15) is 0 Å². The Morgan fingerprint density at radius 1 is 0.833 bits per heavy atom. The van der Waals surface area contributed by atoms with Crippen LogP contribution in [0.2, 0.25) is 0 Å². The van der Waals surface area contributed by atoms with Gasteiger partial charge in [0.15, 0.2) is 0 Å². The molecule has 18 heavy (non-hydrogen) atoms. The third-order valence-electron chi connectivity index (χ3n) is 2.75. The Bertz CT molecular complexity index is 436. The summed E-state index contributed by atoms with van der Waals surface area (Å²) in [6.45, 7) is 1.88. The Hall–Kier alpha value is -1.39. The average Bonchev–Trinajstić information content (AvgIpc) is 2.90. The molecule has 0 saturated carbocycles. The van der Waals surface area contributed by atoms with Gasteiger partial charge in [0.2, 0.25) is 0 Å². The molecule has 4 nitrogen and oxygen atoms in total. The first kappa shape index (κ1) is 13.1. The van der Waals surface area contributed by atoms with E-state index in [1.165, 1.54) is 0 Å². The van der Waals surface area contributed by atoms with Gasteiger partial charge in [-0.05, 0) is 24.3 Å². The van der Waals surface area contributed by atoms with Crippen LogP contribution in [0.5, 0.6) is 0 Å². The second-order valence-corrected chi connectivity index (χ2v) is 3.88. The van der Waals surface area contributed by atoms with Crippen molar-refractivity contribution in [1.29, 1.82) is 0 Å². The number of aromatic nitrogens is 2. The fraction of sp³-hybridized carbons (Fsp3) is 0.167. The van der Waals surface area contributed by atoms with Crippen LogP contribution in [0.25, 0.3) is 0 Å². The third-order valence-corrected chi connectivity index (χ3v) is 2.75. The summed E-state index contributed by atoms with van der Waals surface area (Å²) in [6.07, 6.45) is 3.62. The monoisotopic (exact) mass is 416 g/mol. The minimum absolute atomic E-state index is 0. The Labute approximate surface area is 121 Å². The predicted molar refractivity (Wildman–Crippen MR) is 68.9 cm³/mol. The van der Waals surface area contributed by atoms with Gasteiger partial charge in [-0.2, -0.15) is 0 Å². The van der Waals surface area contributed by atoms with Crippen LogP contribution in [-0.4, -0.2) is 30.6 Å². The molecule has 2 aromatic heterocycles. The van der Waals surface area contributed by atoms with Crippen molar-refractivity contribution in [1.82, 2.24) is 9.97 Å². The molecule has 2 aromatic rings. The van der Waals surface area contributed by atoms with Crippen LogP contribution in [0.15, 0.2) is 48.8 Å². The van der Waals surface area contributed by atoms with E-state index in [-0.39, 0.29) is 20.1 Å². The average molecular weight is 415 g/mol. The predicted octanol–water partition coefficient (Wildman–Crippen LogP) is 1.33. The van der Waals surface area contributed by atoms with Crippen LogP contribution < -0.4 is 9.62 Å². The van der Waals surface area contributed by atoms with E-state index in [0.29, 0.717) is 0 Å². The number of pyridine rings is 2. The standard InChI is InChI=1S/C12H12BN4.Ir/c1-3-7-14-11(5-1)16-9-10-17(13-16)12-6-2-4-8-15-12;/h1-8H,9-10H2;.